The maximum Gasteiger partial charge on any atom is 0.164 e. The number of hydrogen-bond donors (Lipinski definition) is 0. The van der Waals surface area contributed by atoms with Gasteiger partial charge in [0.25, 0.3) is 0 Å². The standard InChI is InChI=1S/C67H42N4O/c1-3-14-43(15-4-1)45-26-32-49(33-27-45)65-68-66(50-34-28-46(29-35-50)44-16-5-2-6-17-44)70-67(69-65)51-36-30-48(31-37-51)58-42-59-63-53(22-13-25-62(63)72-64(59)57-21-8-7-18-54(57)58)47-38-40-52(41-39-47)71-60-23-11-9-19-55(60)56-20-10-12-24-61(56)71/h1-42H. The first-order valence-electron chi connectivity index (χ1n) is 24.3. The third kappa shape index (κ3) is 7.06. The van der Waals surface area contributed by atoms with Crippen LogP contribution < -0.4 is 0 Å². The molecule has 0 radical (unpaired) electrons. The molecule has 5 nitrogen and oxygen atoms in total. The van der Waals surface area contributed by atoms with E-state index in [4.69, 9.17) is 19.4 Å². The fourth-order valence-electron chi connectivity index (χ4n) is 10.6. The van der Waals surface area contributed by atoms with Gasteiger partial charge < -0.3 is 8.98 Å². The van der Waals surface area contributed by atoms with Crippen LogP contribution in [0, 0.1) is 0 Å². The molecule has 0 amide bonds. The third-order valence-electron chi connectivity index (χ3n) is 14.1. The van der Waals surface area contributed by atoms with Gasteiger partial charge in [0.15, 0.2) is 17.5 Å². The van der Waals surface area contributed by atoms with Crippen LogP contribution >= 0.6 is 0 Å². The van der Waals surface area contributed by atoms with Crippen LogP contribution in [0.15, 0.2) is 259 Å². The molecule has 0 saturated heterocycles. The van der Waals surface area contributed by atoms with Crippen LogP contribution in [0.25, 0.3) is 139 Å². The Morgan fingerprint density at radius 1 is 0.278 bits per heavy atom. The molecule has 0 atom stereocenters. The van der Waals surface area contributed by atoms with Gasteiger partial charge in [0.05, 0.1) is 11.0 Å². The number of nitrogens with zero attached hydrogens (tertiary/aromatic N) is 4. The van der Waals surface area contributed by atoms with Crippen molar-refractivity contribution in [3.05, 3.63) is 255 Å². The maximum atomic E-state index is 6.80. The molecule has 336 valence electrons. The van der Waals surface area contributed by atoms with Crippen molar-refractivity contribution >= 4 is 54.5 Å². The van der Waals surface area contributed by atoms with Gasteiger partial charge in [-0.25, -0.2) is 15.0 Å². The summed E-state index contributed by atoms with van der Waals surface area (Å²) in [6, 6.07) is 89.9. The number of aromatic nitrogens is 4. The summed E-state index contributed by atoms with van der Waals surface area (Å²) in [6.45, 7) is 0. The molecule has 0 aliphatic heterocycles. The number of fused-ring (bicyclic) bond motifs is 8. The molecule has 3 aromatic heterocycles. The first-order valence-corrected chi connectivity index (χ1v) is 24.3. The van der Waals surface area contributed by atoms with Crippen LogP contribution in [0.5, 0.6) is 0 Å². The lowest BCUT2D eigenvalue weighted by Crippen LogP contribution is -2.00. The molecule has 5 heteroatoms. The van der Waals surface area contributed by atoms with Gasteiger partial charge in [-0.15, -0.1) is 0 Å². The smallest absolute Gasteiger partial charge is 0.164 e. The summed E-state index contributed by atoms with van der Waals surface area (Å²) < 4.78 is 9.16. The van der Waals surface area contributed by atoms with E-state index in [1.54, 1.807) is 0 Å². The predicted octanol–water partition coefficient (Wildman–Crippen LogP) is 17.7. The van der Waals surface area contributed by atoms with Gasteiger partial charge in [-0.1, -0.05) is 218 Å². The summed E-state index contributed by atoms with van der Waals surface area (Å²) in [5, 5.41) is 6.87. The van der Waals surface area contributed by atoms with Crippen molar-refractivity contribution in [2.45, 2.75) is 0 Å². The summed E-state index contributed by atoms with van der Waals surface area (Å²) >= 11 is 0. The Labute approximate surface area is 415 Å². The van der Waals surface area contributed by atoms with E-state index >= 15 is 0 Å². The number of furan rings is 1. The second-order valence-corrected chi connectivity index (χ2v) is 18.3. The van der Waals surface area contributed by atoms with Crippen molar-refractivity contribution in [3.8, 4) is 84.4 Å². The van der Waals surface area contributed by atoms with E-state index in [2.05, 4.69) is 247 Å². The van der Waals surface area contributed by atoms with Gasteiger partial charge in [0.1, 0.15) is 11.2 Å². The first-order chi connectivity index (χ1) is 35.7. The molecule has 72 heavy (non-hydrogen) atoms. The molecule has 0 aliphatic rings. The number of benzene rings is 11. The Morgan fingerprint density at radius 3 is 1.21 bits per heavy atom. The lowest BCUT2D eigenvalue weighted by atomic mass is 9.93. The van der Waals surface area contributed by atoms with E-state index in [0.717, 1.165) is 99.6 Å². The molecule has 0 N–H and O–H groups in total. The van der Waals surface area contributed by atoms with Gasteiger partial charge in [0, 0.05) is 49.3 Å². The van der Waals surface area contributed by atoms with Crippen LogP contribution in [0.3, 0.4) is 0 Å². The second-order valence-electron chi connectivity index (χ2n) is 18.3. The fourth-order valence-corrected chi connectivity index (χ4v) is 10.6. The van der Waals surface area contributed by atoms with Crippen molar-refractivity contribution in [1.82, 2.24) is 19.5 Å². The zero-order valence-corrected chi connectivity index (χ0v) is 38.9. The molecule has 0 unspecified atom stereocenters. The molecule has 3 heterocycles. The second kappa shape index (κ2) is 17.1. The number of hydrogen-bond acceptors (Lipinski definition) is 4. The van der Waals surface area contributed by atoms with E-state index in [1.807, 2.05) is 12.1 Å². The highest BCUT2D eigenvalue weighted by molar-refractivity contribution is 6.22. The minimum Gasteiger partial charge on any atom is -0.455 e. The van der Waals surface area contributed by atoms with Crippen molar-refractivity contribution in [1.29, 1.82) is 0 Å². The summed E-state index contributed by atoms with van der Waals surface area (Å²) in [5.41, 5.74) is 17.0. The molecule has 14 rings (SSSR count). The molecule has 0 bridgehead atoms. The van der Waals surface area contributed by atoms with Crippen LogP contribution in [0.1, 0.15) is 0 Å². The summed E-state index contributed by atoms with van der Waals surface area (Å²) in [4.78, 5) is 15.4. The zero-order valence-electron chi connectivity index (χ0n) is 38.9. The van der Waals surface area contributed by atoms with Crippen LogP contribution in [-0.4, -0.2) is 19.5 Å². The zero-order chi connectivity index (χ0) is 47.5. The third-order valence-corrected chi connectivity index (χ3v) is 14.1. The van der Waals surface area contributed by atoms with E-state index in [9.17, 15) is 0 Å². The molecular formula is C67H42N4O. The summed E-state index contributed by atoms with van der Waals surface area (Å²) in [6.07, 6.45) is 0. The van der Waals surface area contributed by atoms with Crippen molar-refractivity contribution in [2.24, 2.45) is 0 Å². The molecule has 0 spiro atoms. The van der Waals surface area contributed by atoms with Gasteiger partial charge in [0.2, 0.25) is 0 Å². The van der Waals surface area contributed by atoms with Crippen molar-refractivity contribution in [2.75, 3.05) is 0 Å². The molecule has 0 fully saturated rings. The highest BCUT2D eigenvalue weighted by Crippen LogP contribution is 2.44. The van der Waals surface area contributed by atoms with Crippen LogP contribution in [0.2, 0.25) is 0 Å². The molecule has 11 aromatic carbocycles. The summed E-state index contributed by atoms with van der Waals surface area (Å²) in [7, 11) is 0. The maximum absolute atomic E-state index is 6.80. The normalized spacial score (nSPS) is 11.6. The number of rotatable bonds is 8. The van der Waals surface area contributed by atoms with E-state index in [1.165, 1.54) is 21.8 Å². The Hall–Kier alpha value is -9.71. The monoisotopic (exact) mass is 918 g/mol. The fraction of sp³-hybridized carbons (Fsp3) is 0. The van der Waals surface area contributed by atoms with Crippen LogP contribution in [0.4, 0.5) is 0 Å². The topological polar surface area (TPSA) is 56.7 Å². The lowest BCUT2D eigenvalue weighted by molar-refractivity contribution is 0.673. The minimum atomic E-state index is 0.607. The average molecular weight is 919 g/mol. The Morgan fingerprint density at radius 2 is 0.681 bits per heavy atom. The summed E-state index contributed by atoms with van der Waals surface area (Å²) in [5.74, 6) is 1.84. The van der Waals surface area contributed by atoms with Gasteiger partial charge in [-0.3, -0.25) is 0 Å². The SMILES string of the molecule is c1ccc(-c2ccc(-c3nc(-c4ccc(-c5ccccc5)cc4)nc(-c4ccc(-c5cc6c(oc7cccc(-c8ccc(-n9c%10ccccc%10c%10ccccc%109)cc8)c76)c6ccccc56)cc4)n3)cc2)cc1. The van der Waals surface area contributed by atoms with Gasteiger partial charge in [-0.05, 0) is 86.3 Å². The molecule has 14 aromatic rings. The van der Waals surface area contributed by atoms with Crippen molar-refractivity contribution in [3.63, 3.8) is 0 Å². The average Bonchev–Trinajstić information content (AvgIpc) is 4.02. The van der Waals surface area contributed by atoms with Crippen LogP contribution in [-0.2, 0) is 0 Å². The molecule has 0 saturated carbocycles. The molecular weight excluding hydrogens is 877 g/mol. The Bertz CT molecular complexity index is 4180. The Kier molecular flexibility index (Phi) is 9.78. The molecule has 0 aliphatic carbocycles. The van der Waals surface area contributed by atoms with Crippen molar-refractivity contribution < 1.29 is 4.42 Å². The highest BCUT2D eigenvalue weighted by atomic mass is 16.3. The van der Waals surface area contributed by atoms with E-state index < -0.39 is 0 Å². The quantitative estimate of drug-likeness (QED) is 0.152. The predicted molar refractivity (Wildman–Crippen MR) is 297 cm³/mol. The largest absolute Gasteiger partial charge is 0.455 e. The van der Waals surface area contributed by atoms with E-state index in [0.29, 0.717) is 17.5 Å². The van der Waals surface area contributed by atoms with Gasteiger partial charge in [-0.2, -0.15) is 0 Å². The highest BCUT2D eigenvalue weighted by Gasteiger charge is 2.20. The lowest BCUT2D eigenvalue weighted by Gasteiger charge is -2.12. The minimum absolute atomic E-state index is 0.607. The number of para-hydroxylation sites is 2. The Balaban J connectivity index is 0.856. The van der Waals surface area contributed by atoms with Gasteiger partial charge >= 0.3 is 0 Å². The first kappa shape index (κ1) is 41.3. The van der Waals surface area contributed by atoms with E-state index in [-0.39, 0.29) is 0 Å².